The minimum Gasteiger partial charge on any atom is -0.400 e. The molecule has 3 aliphatic carbocycles. The molecule has 2 aromatic carbocycles. The number of ketones is 1. The van der Waals surface area contributed by atoms with E-state index in [2.05, 4.69) is 36.4 Å². The zero-order valence-electron chi connectivity index (χ0n) is 15.4. The number of hydrogen-bond donors (Lipinski definition) is 1. The second kappa shape index (κ2) is 5.33. The van der Waals surface area contributed by atoms with Gasteiger partial charge in [0.1, 0.15) is 5.78 Å². The second-order valence-electron chi connectivity index (χ2n) is 8.27. The third-order valence-corrected chi connectivity index (χ3v) is 7.44. The quantitative estimate of drug-likeness (QED) is 0.886. The van der Waals surface area contributed by atoms with Gasteiger partial charge in [0.05, 0.1) is 17.1 Å². The number of allylic oxidation sites excluding steroid dienone is 2. The lowest BCUT2D eigenvalue weighted by Gasteiger charge is -2.45. The molecule has 0 saturated heterocycles. The van der Waals surface area contributed by atoms with E-state index >= 15 is 0 Å². The average Bonchev–Trinajstić information content (AvgIpc) is 3.15. The summed E-state index contributed by atoms with van der Waals surface area (Å²) < 4.78 is 0. The van der Waals surface area contributed by atoms with Crippen molar-refractivity contribution in [2.45, 2.75) is 37.5 Å². The van der Waals surface area contributed by atoms with Crippen LogP contribution in [-0.2, 0) is 16.6 Å². The lowest BCUT2D eigenvalue weighted by molar-refractivity contribution is -0.125. The molecule has 0 amide bonds. The molecule has 0 unspecified atom stereocenters. The van der Waals surface area contributed by atoms with Gasteiger partial charge in [0.15, 0.2) is 0 Å². The van der Waals surface area contributed by atoms with Gasteiger partial charge in [-0.05, 0) is 48.8 Å². The predicted molar refractivity (Wildman–Crippen MR) is 104 cm³/mol. The maximum atomic E-state index is 13.1. The summed E-state index contributed by atoms with van der Waals surface area (Å²) in [4.78, 5) is 13.1. The summed E-state index contributed by atoms with van der Waals surface area (Å²) in [5, 5.41) is 10.1. The van der Waals surface area contributed by atoms with Crippen LogP contribution in [0, 0.1) is 22.7 Å². The lowest BCUT2D eigenvalue weighted by Crippen LogP contribution is -2.44. The SMILES string of the molecule is CC(=O)[C@@]12C[C@]3(C(C#N)=C1N)c1ccccc1CC[C@@H]3[C@H]2c1ccccc1. The summed E-state index contributed by atoms with van der Waals surface area (Å²) in [7, 11) is 0. The Morgan fingerprint density at radius 2 is 1.85 bits per heavy atom. The van der Waals surface area contributed by atoms with Crippen molar-refractivity contribution in [3.8, 4) is 6.07 Å². The van der Waals surface area contributed by atoms with Crippen LogP contribution < -0.4 is 5.73 Å². The summed E-state index contributed by atoms with van der Waals surface area (Å²) in [6, 6.07) is 21.1. The summed E-state index contributed by atoms with van der Waals surface area (Å²) in [5.74, 6) is 0.340. The highest BCUT2D eigenvalue weighted by atomic mass is 16.1. The maximum absolute atomic E-state index is 13.1. The van der Waals surface area contributed by atoms with Gasteiger partial charge in [-0.1, -0.05) is 54.6 Å². The van der Waals surface area contributed by atoms with Crippen LogP contribution in [0.15, 0.2) is 65.9 Å². The number of nitrogens with zero attached hydrogens (tertiary/aromatic N) is 1. The molecule has 3 nitrogen and oxygen atoms in total. The van der Waals surface area contributed by atoms with E-state index in [-0.39, 0.29) is 17.6 Å². The van der Waals surface area contributed by atoms with E-state index < -0.39 is 10.8 Å². The Bertz CT molecular complexity index is 1030. The number of fused-ring (bicyclic) bond motifs is 2. The largest absolute Gasteiger partial charge is 0.400 e. The fraction of sp³-hybridized carbons (Fsp3) is 0.333. The van der Waals surface area contributed by atoms with Crippen molar-refractivity contribution < 1.29 is 4.79 Å². The smallest absolute Gasteiger partial charge is 0.142 e. The third-order valence-electron chi connectivity index (χ3n) is 7.44. The van der Waals surface area contributed by atoms with E-state index in [0.717, 1.165) is 12.8 Å². The molecule has 3 aliphatic rings. The first kappa shape index (κ1) is 16.3. The van der Waals surface area contributed by atoms with Gasteiger partial charge < -0.3 is 5.73 Å². The fourth-order valence-corrected chi connectivity index (χ4v) is 6.51. The number of nitrogens with two attached hydrogens (primary N) is 1. The molecule has 2 aromatic rings. The molecule has 2 N–H and O–H groups in total. The summed E-state index contributed by atoms with van der Waals surface area (Å²) in [6.45, 7) is 1.65. The third kappa shape index (κ3) is 1.74. The Kier molecular flexibility index (Phi) is 3.22. The molecular weight excluding hydrogens is 332 g/mol. The topological polar surface area (TPSA) is 66.9 Å². The van der Waals surface area contributed by atoms with Crippen molar-refractivity contribution in [3.05, 3.63) is 82.6 Å². The molecule has 4 atom stereocenters. The Labute approximate surface area is 159 Å². The molecule has 134 valence electrons. The van der Waals surface area contributed by atoms with Crippen molar-refractivity contribution in [2.24, 2.45) is 17.1 Å². The fourth-order valence-electron chi connectivity index (χ4n) is 6.51. The van der Waals surface area contributed by atoms with Crippen LogP contribution in [0.4, 0.5) is 0 Å². The first-order valence-corrected chi connectivity index (χ1v) is 9.62. The monoisotopic (exact) mass is 354 g/mol. The van der Waals surface area contributed by atoms with E-state index in [0.29, 0.717) is 17.7 Å². The Morgan fingerprint density at radius 3 is 2.56 bits per heavy atom. The summed E-state index contributed by atoms with van der Waals surface area (Å²) in [5.41, 5.74) is 10.3. The molecule has 0 heterocycles. The highest BCUT2D eigenvalue weighted by Crippen LogP contribution is 2.74. The van der Waals surface area contributed by atoms with Gasteiger partial charge in [-0.25, -0.2) is 0 Å². The first-order valence-electron chi connectivity index (χ1n) is 9.62. The standard InChI is InChI=1S/C24H22N2O/c1-15(27)23-14-24(20(13-25)22(23)26)18-10-6-5-7-16(18)11-12-19(24)21(23)17-8-3-2-4-9-17/h2-10,19,21H,11-12,14,26H2,1H3/t19-,21-,23-,24+/m1/s1. The zero-order valence-corrected chi connectivity index (χ0v) is 15.4. The second-order valence-corrected chi connectivity index (χ2v) is 8.27. The van der Waals surface area contributed by atoms with Gasteiger partial charge in [0.25, 0.3) is 0 Å². The normalized spacial score (nSPS) is 33.3. The average molecular weight is 354 g/mol. The molecule has 5 rings (SSSR count). The number of benzene rings is 2. The van der Waals surface area contributed by atoms with Crippen molar-refractivity contribution in [2.75, 3.05) is 0 Å². The molecule has 0 aromatic heterocycles. The van der Waals surface area contributed by atoms with Gasteiger partial charge in [-0.15, -0.1) is 0 Å². The van der Waals surface area contributed by atoms with Crippen LogP contribution in [-0.4, -0.2) is 5.78 Å². The number of aryl methyl sites for hydroxylation is 1. The lowest BCUT2D eigenvalue weighted by atomic mass is 9.57. The van der Waals surface area contributed by atoms with E-state index in [1.54, 1.807) is 6.92 Å². The number of Topliss-reactive ketones (excluding diaryl/α,β-unsaturated/α-hetero) is 1. The van der Waals surface area contributed by atoms with Gasteiger partial charge in [0.2, 0.25) is 0 Å². The zero-order chi connectivity index (χ0) is 18.8. The first-order chi connectivity index (χ1) is 13.1. The molecule has 1 fully saturated rings. The van der Waals surface area contributed by atoms with E-state index in [1.807, 2.05) is 24.3 Å². The molecule has 1 saturated carbocycles. The molecule has 0 aliphatic heterocycles. The maximum Gasteiger partial charge on any atom is 0.142 e. The minimum atomic E-state index is -0.769. The molecule has 2 bridgehead atoms. The highest BCUT2D eigenvalue weighted by Gasteiger charge is 2.72. The number of nitriles is 1. The van der Waals surface area contributed by atoms with E-state index in [9.17, 15) is 10.1 Å². The Hall–Kier alpha value is -2.86. The van der Waals surface area contributed by atoms with Crippen LogP contribution >= 0.6 is 0 Å². The summed E-state index contributed by atoms with van der Waals surface area (Å²) in [6.07, 6.45) is 2.59. The predicted octanol–water partition coefficient (Wildman–Crippen LogP) is 4.00. The van der Waals surface area contributed by atoms with Gasteiger partial charge in [-0.2, -0.15) is 5.26 Å². The number of carbonyl (C=O) groups is 1. The molecule has 0 radical (unpaired) electrons. The summed E-state index contributed by atoms with van der Waals surface area (Å²) >= 11 is 0. The van der Waals surface area contributed by atoms with Crippen LogP contribution in [0.1, 0.15) is 42.4 Å². The molecule has 3 heteroatoms. The molecule has 27 heavy (non-hydrogen) atoms. The van der Waals surface area contributed by atoms with E-state index in [4.69, 9.17) is 5.73 Å². The minimum absolute atomic E-state index is 0.0293. The van der Waals surface area contributed by atoms with Gasteiger partial charge >= 0.3 is 0 Å². The van der Waals surface area contributed by atoms with Gasteiger partial charge in [-0.3, -0.25) is 4.79 Å². The number of hydrogen-bond acceptors (Lipinski definition) is 3. The number of carbonyl (C=O) groups excluding carboxylic acids is 1. The highest BCUT2D eigenvalue weighted by molar-refractivity contribution is 5.91. The van der Waals surface area contributed by atoms with Crippen molar-refractivity contribution in [1.82, 2.24) is 0 Å². The van der Waals surface area contributed by atoms with E-state index in [1.165, 1.54) is 16.7 Å². The van der Waals surface area contributed by atoms with Crippen LogP contribution in [0.2, 0.25) is 0 Å². The van der Waals surface area contributed by atoms with Crippen LogP contribution in [0.3, 0.4) is 0 Å². The molecule has 1 spiro atoms. The van der Waals surface area contributed by atoms with Gasteiger partial charge in [0, 0.05) is 17.0 Å². The Balaban J connectivity index is 1.86. The Morgan fingerprint density at radius 1 is 1.15 bits per heavy atom. The van der Waals surface area contributed by atoms with Crippen molar-refractivity contribution in [1.29, 1.82) is 5.26 Å². The number of rotatable bonds is 2. The van der Waals surface area contributed by atoms with Crippen LogP contribution in [0.25, 0.3) is 0 Å². The van der Waals surface area contributed by atoms with Crippen LogP contribution in [0.5, 0.6) is 0 Å². The van der Waals surface area contributed by atoms with Crippen molar-refractivity contribution >= 4 is 5.78 Å². The molecular formula is C24H22N2O. The van der Waals surface area contributed by atoms with Crippen molar-refractivity contribution in [3.63, 3.8) is 0 Å².